The number of ether oxygens (including phenoxy) is 1. The van der Waals surface area contributed by atoms with Crippen molar-refractivity contribution in [1.82, 2.24) is 0 Å². The Hall–Kier alpha value is -0.120. The molecule has 0 aromatic rings. The standard InChI is InChI=1S/C16H34O3/c1-3-9-15(17)11-5-7-13-19-14-8-6-12-16(18)10-4-2/h15-18H,3-14H2,1-2H3. The predicted molar refractivity (Wildman–Crippen MR) is 80.4 cm³/mol. The lowest BCUT2D eigenvalue weighted by molar-refractivity contribution is 0.108. The third-order valence-corrected chi connectivity index (χ3v) is 3.40. The van der Waals surface area contributed by atoms with E-state index >= 15 is 0 Å². The van der Waals surface area contributed by atoms with Crippen molar-refractivity contribution in [3.8, 4) is 0 Å². The molecule has 2 unspecified atom stereocenters. The number of aliphatic hydroxyl groups excluding tert-OH is 2. The average molecular weight is 274 g/mol. The van der Waals surface area contributed by atoms with Crippen molar-refractivity contribution in [3.05, 3.63) is 0 Å². The maximum absolute atomic E-state index is 9.55. The van der Waals surface area contributed by atoms with Crippen LogP contribution in [0.1, 0.15) is 78.1 Å². The molecule has 3 heteroatoms. The summed E-state index contributed by atoms with van der Waals surface area (Å²) in [6.07, 6.45) is 9.70. The molecule has 3 nitrogen and oxygen atoms in total. The first-order chi connectivity index (χ1) is 9.20. The van der Waals surface area contributed by atoms with Gasteiger partial charge in [-0.1, -0.05) is 26.7 Å². The number of rotatable bonds is 14. The van der Waals surface area contributed by atoms with Gasteiger partial charge in [-0.2, -0.15) is 0 Å². The zero-order valence-corrected chi connectivity index (χ0v) is 12.9. The van der Waals surface area contributed by atoms with Gasteiger partial charge in [0.15, 0.2) is 0 Å². The second-order valence-corrected chi connectivity index (χ2v) is 5.49. The smallest absolute Gasteiger partial charge is 0.0540 e. The Bertz CT molecular complexity index is 155. The van der Waals surface area contributed by atoms with Crippen LogP contribution < -0.4 is 0 Å². The molecule has 0 aliphatic carbocycles. The molecule has 2 atom stereocenters. The van der Waals surface area contributed by atoms with E-state index in [1.165, 1.54) is 0 Å². The zero-order chi connectivity index (χ0) is 14.3. The molecule has 0 bridgehead atoms. The number of unbranched alkanes of at least 4 members (excludes halogenated alkanes) is 2. The van der Waals surface area contributed by atoms with Gasteiger partial charge in [0.2, 0.25) is 0 Å². The minimum Gasteiger partial charge on any atom is -0.393 e. The predicted octanol–water partition coefficient (Wildman–Crippen LogP) is 3.67. The second kappa shape index (κ2) is 14.3. The first kappa shape index (κ1) is 18.9. The Morgan fingerprint density at radius 3 is 1.47 bits per heavy atom. The van der Waals surface area contributed by atoms with Gasteiger partial charge in [0.1, 0.15) is 0 Å². The summed E-state index contributed by atoms with van der Waals surface area (Å²) in [5, 5.41) is 19.1. The van der Waals surface area contributed by atoms with Crippen LogP contribution in [0.2, 0.25) is 0 Å². The van der Waals surface area contributed by atoms with Gasteiger partial charge in [0.05, 0.1) is 12.2 Å². The van der Waals surface area contributed by atoms with Crippen molar-refractivity contribution in [1.29, 1.82) is 0 Å². The van der Waals surface area contributed by atoms with Crippen LogP contribution in [0.15, 0.2) is 0 Å². The van der Waals surface area contributed by atoms with Gasteiger partial charge < -0.3 is 14.9 Å². The summed E-state index contributed by atoms with van der Waals surface area (Å²) in [5.74, 6) is 0. The molecule has 0 heterocycles. The minimum atomic E-state index is -0.120. The summed E-state index contributed by atoms with van der Waals surface area (Å²) < 4.78 is 5.55. The Morgan fingerprint density at radius 2 is 1.11 bits per heavy atom. The Morgan fingerprint density at radius 1 is 0.684 bits per heavy atom. The lowest BCUT2D eigenvalue weighted by Gasteiger charge is -2.10. The first-order valence-corrected chi connectivity index (χ1v) is 8.14. The van der Waals surface area contributed by atoms with E-state index in [0.29, 0.717) is 0 Å². The molecule has 0 rings (SSSR count). The number of hydrogen-bond donors (Lipinski definition) is 2. The zero-order valence-electron chi connectivity index (χ0n) is 12.9. The van der Waals surface area contributed by atoms with E-state index < -0.39 is 0 Å². The molecule has 2 N–H and O–H groups in total. The van der Waals surface area contributed by atoms with Gasteiger partial charge in [-0.15, -0.1) is 0 Å². The highest BCUT2D eigenvalue weighted by Gasteiger charge is 2.03. The quantitative estimate of drug-likeness (QED) is 0.475. The second-order valence-electron chi connectivity index (χ2n) is 5.49. The molecular formula is C16H34O3. The summed E-state index contributed by atoms with van der Waals surface area (Å²) in [6, 6.07) is 0. The SMILES string of the molecule is CCCC(O)CCCCOCCCCC(O)CCC. The Balaban J connectivity index is 3.10. The van der Waals surface area contributed by atoms with Gasteiger partial charge in [-0.25, -0.2) is 0 Å². The van der Waals surface area contributed by atoms with Crippen molar-refractivity contribution in [2.75, 3.05) is 13.2 Å². The molecule has 0 aliphatic heterocycles. The lowest BCUT2D eigenvalue weighted by Crippen LogP contribution is -2.07. The van der Waals surface area contributed by atoms with Gasteiger partial charge in [0.25, 0.3) is 0 Å². The maximum Gasteiger partial charge on any atom is 0.0540 e. The van der Waals surface area contributed by atoms with Gasteiger partial charge >= 0.3 is 0 Å². The fourth-order valence-corrected chi connectivity index (χ4v) is 2.23. The van der Waals surface area contributed by atoms with E-state index in [4.69, 9.17) is 4.74 Å². The summed E-state index contributed by atoms with van der Waals surface area (Å²) >= 11 is 0. The van der Waals surface area contributed by atoms with Crippen molar-refractivity contribution in [3.63, 3.8) is 0 Å². The van der Waals surface area contributed by atoms with Crippen LogP contribution in [0.5, 0.6) is 0 Å². The molecular weight excluding hydrogens is 240 g/mol. The van der Waals surface area contributed by atoms with Gasteiger partial charge in [-0.3, -0.25) is 0 Å². The Kier molecular flexibility index (Phi) is 14.2. The van der Waals surface area contributed by atoms with E-state index in [9.17, 15) is 10.2 Å². The van der Waals surface area contributed by atoms with Crippen LogP contribution in [-0.2, 0) is 4.74 Å². The van der Waals surface area contributed by atoms with E-state index in [1.54, 1.807) is 0 Å². The van der Waals surface area contributed by atoms with Crippen molar-refractivity contribution >= 4 is 0 Å². The van der Waals surface area contributed by atoms with Crippen LogP contribution >= 0.6 is 0 Å². The Labute approximate surface area is 119 Å². The molecule has 19 heavy (non-hydrogen) atoms. The van der Waals surface area contributed by atoms with E-state index in [1.807, 2.05) is 0 Å². The third-order valence-electron chi connectivity index (χ3n) is 3.40. The van der Waals surface area contributed by atoms with E-state index in [0.717, 1.165) is 77.4 Å². The fraction of sp³-hybridized carbons (Fsp3) is 1.00. The normalized spacial score (nSPS) is 14.5. The average Bonchev–Trinajstić information content (AvgIpc) is 2.37. The summed E-state index contributed by atoms with van der Waals surface area (Å²) in [7, 11) is 0. The monoisotopic (exact) mass is 274 g/mol. The van der Waals surface area contributed by atoms with Gasteiger partial charge in [-0.05, 0) is 51.4 Å². The largest absolute Gasteiger partial charge is 0.393 e. The van der Waals surface area contributed by atoms with Crippen LogP contribution in [0, 0.1) is 0 Å². The molecule has 0 amide bonds. The molecule has 0 aliphatic rings. The molecule has 0 saturated heterocycles. The summed E-state index contributed by atoms with van der Waals surface area (Å²) in [6.45, 7) is 5.81. The highest BCUT2D eigenvalue weighted by atomic mass is 16.5. The maximum atomic E-state index is 9.55. The van der Waals surface area contributed by atoms with Crippen LogP contribution in [0.3, 0.4) is 0 Å². The number of hydrogen-bond acceptors (Lipinski definition) is 3. The molecule has 0 fully saturated rings. The van der Waals surface area contributed by atoms with E-state index in [-0.39, 0.29) is 12.2 Å². The highest BCUT2D eigenvalue weighted by molar-refractivity contribution is 4.55. The lowest BCUT2D eigenvalue weighted by atomic mass is 10.1. The van der Waals surface area contributed by atoms with E-state index in [2.05, 4.69) is 13.8 Å². The topological polar surface area (TPSA) is 49.7 Å². The molecule has 0 aromatic carbocycles. The van der Waals surface area contributed by atoms with Crippen molar-refractivity contribution in [2.45, 2.75) is 90.3 Å². The summed E-state index contributed by atoms with van der Waals surface area (Å²) in [4.78, 5) is 0. The minimum absolute atomic E-state index is 0.120. The van der Waals surface area contributed by atoms with Crippen molar-refractivity contribution in [2.24, 2.45) is 0 Å². The van der Waals surface area contributed by atoms with Gasteiger partial charge in [0, 0.05) is 13.2 Å². The fourth-order valence-electron chi connectivity index (χ4n) is 2.23. The number of aliphatic hydroxyl groups is 2. The molecule has 0 radical (unpaired) electrons. The van der Waals surface area contributed by atoms with Crippen LogP contribution in [0.25, 0.3) is 0 Å². The van der Waals surface area contributed by atoms with Crippen molar-refractivity contribution < 1.29 is 14.9 Å². The molecule has 0 saturated carbocycles. The van der Waals surface area contributed by atoms with Crippen LogP contribution in [-0.4, -0.2) is 35.6 Å². The highest BCUT2D eigenvalue weighted by Crippen LogP contribution is 2.08. The van der Waals surface area contributed by atoms with Crippen LogP contribution in [0.4, 0.5) is 0 Å². The molecule has 0 aromatic heterocycles. The summed E-state index contributed by atoms with van der Waals surface area (Å²) in [5.41, 5.74) is 0. The molecule has 0 spiro atoms. The first-order valence-electron chi connectivity index (χ1n) is 8.14. The third kappa shape index (κ3) is 14.1. The molecule has 116 valence electrons.